The van der Waals surface area contributed by atoms with Gasteiger partial charge < -0.3 is 16.0 Å². The first-order valence-corrected chi connectivity index (χ1v) is 8.58. The topological polar surface area (TPSA) is 73.5 Å². The van der Waals surface area contributed by atoms with Crippen molar-refractivity contribution in [2.45, 2.75) is 51.1 Å². The van der Waals surface area contributed by atoms with Crippen LogP contribution in [0.15, 0.2) is 0 Å². The number of piperidine rings is 2. The maximum absolute atomic E-state index is 12.2. The molecule has 0 spiro atoms. The number of nitrogens with one attached hydrogen (secondary N) is 3. The molecule has 2 atom stereocenters. The highest BCUT2D eigenvalue weighted by atomic mass is 16.2. The van der Waals surface area contributed by atoms with Gasteiger partial charge in [-0.25, -0.2) is 0 Å². The van der Waals surface area contributed by atoms with Crippen LogP contribution in [0.4, 0.5) is 0 Å². The van der Waals surface area contributed by atoms with Gasteiger partial charge in [0, 0.05) is 12.5 Å². The average molecular weight is 310 g/mol. The van der Waals surface area contributed by atoms with E-state index in [9.17, 15) is 9.59 Å². The lowest BCUT2D eigenvalue weighted by molar-refractivity contribution is -0.128. The minimum absolute atomic E-state index is 0.0658. The van der Waals surface area contributed by atoms with E-state index < -0.39 is 0 Å². The second-order valence-corrected chi connectivity index (χ2v) is 6.63. The SMILES string of the molecule is CCCN(C)CC(=O)N[C@@H]1CCC(=O)N[C@H]1C1CCNCC1. The monoisotopic (exact) mass is 310 g/mol. The predicted molar refractivity (Wildman–Crippen MR) is 86.5 cm³/mol. The Balaban J connectivity index is 1.90. The first kappa shape index (κ1) is 17.2. The number of carbonyl (C=O) groups excluding carboxylic acids is 2. The molecule has 6 nitrogen and oxygen atoms in total. The van der Waals surface area contributed by atoms with Crippen molar-refractivity contribution < 1.29 is 9.59 Å². The third kappa shape index (κ3) is 4.95. The van der Waals surface area contributed by atoms with Crippen LogP contribution in [-0.4, -0.2) is 62.0 Å². The van der Waals surface area contributed by atoms with E-state index in [4.69, 9.17) is 0 Å². The molecular formula is C16H30N4O2. The van der Waals surface area contributed by atoms with Gasteiger partial charge in [-0.05, 0) is 58.3 Å². The molecule has 126 valence electrons. The zero-order valence-corrected chi connectivity index (χ0v) is 13.9. The Labute approximate surface area is 133 Å². The number of carbonyl (C=O) groups is 2. The Bertz CT molecular complexity index is 382. The van der Waals surface area contributed by atoms with Crippen LogP contribution >= 0.6 is 0 Å². The molecule has 0 radical (unpaired) electrons. The molecule has 0 aliphatic carbocycles. The summed E-state index contributed by atoms with van der Waals surface area (Å²) in [6, 6.07) is 0.159. The van der Waals surface area contributed by atoms with Gasteiger partial charge in [0.25, 0.3) is 0 Å². The van der Waals surface area contributed by atoms with Crippen molar-refractivity contribution in [3.63, 3.8) is 0 Å². The van der Waals surface area contributed by atoms with Gasteiger partial charge in [-0.15, -0.1) is 0 Å². The van der Waals surface area contributed by atoms with E-state index in [0.717, 1.165) is 45.3 Å². The molecule has 3 N–H and O–H groups in total. The summed E-state index contributed by atoms with van der Waals surface area (Å²) in [5, 5.41) is 9.64. The summed E-state index contributed by atoms with van der Waals surface area (Å²) in [7, 11) is 1.97. The number of hydrogen-bond acceptors (Lipinski definition) is 4. The molecule has 2 amide bonds. The van der Waals surface area contributed by atoms with E-state index in [0.29, 0.717) is 18.9 Å². The Hall–Kier alpha value is -1.14. The van der Waals surface area contributed by atoms with Crippen LogP contribution in [0.25, 0.3) is 0 Å². The zero-order chi connectivity index (χ0) is 15.9. The van der Waals surface area contributed by atoms with Crippen LogP contribution in [0, 0.1) is 5.92 Å². The lowest BCUT2D eigenvalue weighted by Crippen LogP contribution is -2.60. The average Bonchev–Trinajstić information content (AvgIpc) is 2.50. The van der Waals surface area contributed by atoms with Crippen LogP contribution in [0.5, 0.6) is 0 Å². The van der Waals surface area contributed by atoms with Gasteiger partial charge in [-0.2, -0.15) is 0 Å². The van der Waals surface area contributed by atoms with Crippen LogP contribution in [0.1, 0.15) is 39.0 Å². The Morgan fingerprint density at radius 1 is 1.32 bits per heavy atom. The van der Waals surface area contributed by atoms with Gasteiger partial charge in [-0.3, -0.25) is 14.5 Å². The van der Waals surface area contributed by atoms with E-state index >= 15 is 0 Å². The number of hydrogen-bond donors (Lipinski definition) is 3. The highest BCUT2D eigenvalue weighted by molar-refractivity contribution is 5.80. The summed E-state index contributed by atoms with van der Waals surface area (Å²) >= 11 is 0. The summed E-state index contributed by atoms with van der Waals surface area (Å²) in [5.74, 6) is 0.650. The van der Waals surface area contributed by atoms with Crippen molar-refractivity contribution in [2.75, 3.05) is 33.2 Å². The first-order valence-electron chi connectivity index (χ1n) is 8.58. The van der Waals surface area contributed by atoms with Crippen molar-refractivity contribution in [3.05, 3.63) is 0 Å². The van der Waals surface area contributed by atoms with Crippen LogP contribution < -0.4 is 16.0 Å². The third-order valence-corrected chi connectivity index (χ3v) is 4.70. The molecule has 2 aliphatic heterocycles. The van der Waals surface area contributed by atoms with E-state index in [-0.39, 0.29) is 23.9 Å². The van der Waals surface area contributed by atoms with Crippen molar-refractivity contribution in [2.24, 2.45) is 5.92 Å². The second kappa shape index (κ2) is 8.48. The molecule has 2 rings (SSSR count). The number of rotatable bonds is 6. The Morgan fingerprint density at radius 2 is 2.05 bits per heavy atom. The minimum atomic E-state index is 0.0658. The molecular weight excluding hydrogens is 280 g/mol. The maximum Gasteiger partial charge on any atom is 0.234 e. The molecule has 0 aromatic heterocycles. The van der Waals surface area contributed by atoms with Gasteiger partial charge in [0.05, 0.1) is 12.6 Å². The van der Waals surface area contributed by atoms with E-state index in [1.807, 2.05) is 11.9 Å². The lowest BCUT2D eigenvalue weighted by Gasteiger charge is -2.40. The summed E-state index contributed by atoms with van der Waals surface area (Å²) in [5.41, 5.74) is 0. The molecule has 0 unspecified atom stereocenters. The van der Waals surface area contributed by atoms with Gasteiger partial charge in [0.2, 0.25) is 11.8 Å². The molecule has 0 saturated carbocycles. The normalized spacial score (nSPS) is 26.8. The van der Waals surface area contributed by atoms with Gasteiger partial charge in [-0.1, -0.05) is 6.92 Å². The molecule has 2 aliphatic rings. The molecule has 6 heteroatoms. The van der Waals surface area contributed by atoms with Crippen LogP contribution in [0.2, 0.25) is 0 Å². The highest BCUT2D eigenvalue weighted by Gasteiger charge is 2.35. The number of amides is 2. The number of nitrogens with zero attached hydrogens (tertiary/aromatic N) is 1. The summed E-state index contributed by atoms with van der Waals surface area (Å²) in [4.78, 5) is 26.0. The molecule has 2 fully saturated rings. The zero-order valence-electron chi connectivity index (χ0n) is 13.9. The summed E-state index contributed by atoms with van der Waals surface area (Å²) < 4.78 is 0. The smallest absolute Gasteiger partial charge is 0.234 e. The van der Waals surface area contributed by atoms with Crippen molar-refractivity contribution in [1.29, 1.82) is 0 Å². The van der Waals surface area contributed by atoms with E-state index in [2.05, 4.69) is 22.9 Å². The van der Waals surface area contributed by atoms with Gasteiger partial charge in [0.1, 0.15) is 0 Å². The van der Waals surface area contributed by atoms with Gasteiger partial charge >= 0.3 is 0 Å². The fourth-order valence-corrected chi connectivity index (χ4v) is 3.59. The second-order valence-electron chi connectivity index (χ2n) is 6.63. The van der Waals surface area contributed by atoms with Crippen LogP contribution in [-0.2, 0) is 9.59 Å². The molecule has 0 aromatic rings. The Kier molecular flexibility index (Phi) is 6.64. The van der Waals surface area contributed by atoms with E-state index in [1.165, 1.54) is 0 Å². The molecule has 2 saturated heterocycles. The molecule has 2 heterocycles. The fraction of sp³-hybridized carbons (Fsp3) is 0.875. The molecule has 0 bridgehead atoms. The standard InChI is InChI=1S/C16H30N4O2/c1-3-10-20(2)11-15(22)18-13-4-5-14(21)19-16(13)12-6-8-17-9-7-12/h12-13,16-17H,3-11H2,1-2H3,(H,18,22)(H,19,21)/t13-,16+/m1/s1. The first-order chi connectivity index (χ1) is 10.6. The number of likely N-dealkylation sites (N-methyl/N-ethyl adjacent to an activating group) is 1. The van der Waals surface area contributed by atoms with Crippen molar-refractivity contribution in [1.82, 2.24) is 20.9 Å². The minimum Gasteiger partial charge on any atom is -0.351 e. The van der Waals surface area contributed by atoms with Crippen LogP contribution in [0.3, 0.4) is 0 Å². The van der Waals surface area contributed by atoms with Crippen molar-refractivity contribution in [3.8, 4) is 0 Å². The predicted octanol–water partition coefficient (Wildman–Crippen LogP) is 0.0912. The van der Waals surface area contributed by atoms with E-state index in [1.54, 1.807) is 0 Å². The molecule has 0 aromatic carbocycles. The summed E-state index contributed by atoms with van der Waals surface area (Å²) in [6.45, 7) is 5.45. The quantitative estimate of drug-likeness (QED) is 0.650. The summed E-state index contributed by atoms with van der Waals surface area (Å²) in [6.07, 6.45) is 4.43. The Morgan fingerprint density at radius 3 is 2.73 bits per heavy atom. The third-order valence-electron chi connectivity index (χ3n) is 4.70. The lowest BCUT2D eigenvalue weighted by atomic mass is 9.82. The highest BCUT2D eigenvalue weighted by Crippen LogP contribution is 2.23. The molecule has 22 heavy (non-hydrogen) atoms. The fourth-order valence-electron chi connectivity index (χ4n) is 3.59. The van der Waals surface area contributed by atoms with Crippen molar-refractivity contribution >= 4 is 11.8 Å². The maximum atomic E-state index is 12.2. The largest absolute Gasteiger partial charge is 0.351 e. The van der Waals surface area contributed by atoms with Gasteiger partial charge in [0.15, 0.2) is 0 Å².